The Kier molecular flexibility index (Phi) is 8.49. The number of para-hydroxylation sites is 1. The lowest BCUT2D eigenvalue weighted by atomic mass is 10.1. The van der Waals surface area contributed by atoms with Crippen molar-refractivity contribution in [3.63, 3.8) is 0 Å². The van der Waals surface area contributed by atoms with Crippen LogP contribution in [-0.4, -0.2) is 19.1 Å². The first-order valence-corrected chi connectivity index (χ1v) is 7.48. The van der Waals surface area contributed by atoms with Gasteiger partial charge in [0.2, 0.25) is 0 Å². The third-order valence-electron chi connectivity index (χ3n) is 3.82. The number of rotatable bonds is 4. The van der Waals surface area contributed by atoms with Crippen LogP contribution >= 0.6 is 24.0 Å². The van der Waals surface area contributed by atoms with Gasteiger partial charge in [-0.2, -0.15) is 0 Å². The maximum absolute atomic E-state index is 5.99. The van der Waals surface area contributed by atoms with E-state index in [2.05, 4.69) is 10.3 Å². The normalized spacial score (nSPS) is 16.7. The second kappa shape index (κ2) is 9.87. The molecule has 1 aromatic rings. The lowest BCUT2D eigenvalue weighted by Gasteiger charge is -2.16. The quantitative estimate of drug-likeness (QED) is 0.351. The van der Waals surface area contributed by atoms with E-state index in [-0.39, 0.29) is 24.0 Å². The number of nitrogens with two attached hydrogens (primary N) is 1. The largest absolute Gasteiger partial charge is 0.496 e. The number of ether oxygens (including phenoxy) is 1. The summed E-state index contributed by atoms with van der Waals surface area (Å²) in [6.45, 7) is 0.551. The van der Waals surface area contributed by atoms with Crippen LogP contribution in [0.5, 0.6) is 5.75 Å². The summed E-state index contributed by atoms with van der Waals surface area (Å²) in [6.07, 6.45) is 7.66. The van der Waals surface area contributed by atoms with E-state index in [0.717, 1.165) is 11.3 Å². The Morgan fingerprint density at radius 3 is 2.57 bits per heavy atom. The van der Waals surface area contributed by atoms with Crippen LogP contribution in [0.4, 0.5) is 0 Å². The molecule has 0 spiro atoms. The Labute approximate surface area is 144 Å². The molecule has 0 saturated heterocycles. The molecular weight excluding hydrogens is 377 g/mol. The van der Waals surface area contributed by atoms with Gasteiger partial charge in [-0.3, -0.25) is 0 Å². The van der Waals surface area contributed by atoms with Crippen molar-refractivity contribution in [2.24, 2.45) is 10.7 Å². The van der Waals surface area contributed by atoms with Gasteiger partial charge in [0.15, 0.2) is 5.96 Å². The molecule has 2 rings (SSSR count). The number of guanidine groups is 1. The van der Waals surface area contributed by atoms with Gasteiger partial charge in [-0.25, -0.2) is 4.99 Å². The molecule has 1 aromatic carbocycles. The molecule has 5 heteroatoms. The lowest BCUT2D eigenvalue weighted by molar-refractivity contribution is 0.410. The summed E-state index contributed by atoms with van der Waals surface area (Å²) in [5, 5.41) is 3.35. The molecule has 0 amide bonds. The van der Waals surface area contributed by atoms with Crippen molar-refractivity contribution < 1.29 is 4.74 Å². The maximum Gasteiger partial charge on any atom is 0.189 e. The molecule has 0 unspecified atom stereocenters. The summed E-state index contributed by atoms with van der Waals surface area (Å²) >= 11 is 0. The molecule has 0 aromatic heterocycles. The third-order valence-corrected chi connectivity index (χ3v) is 3.82. The van der Waals surface area contributed by atoms with Gasteiger partial charge in [0.1, 0.15) is 5.75 Å². The van der Waals surface area contributed by atoms with Gasteiger partial charge in [-0.15, -0.1) is 24.0 Å². The predicted molar refractivity (Wildman–Crippen MR) is 98.4 cm³/mol. The summed E-state index contributed by atoms with van der Waals surface area (Å²) < 4.78 is 5.31. The summed E-state index contributed by atoms with van der Waals surface area (Å²) in [5.41, 5.74) is 7.05. The van der Waals surface area contributed by atoms with Crippen LogP contribution in [0.1, 0.15) is 44.1 Å². The first-order valence-electron chi connectivity index (χ1n) is 7.48. The summed E-state index contributed by atoms with van der Waals surface area (Å²) in [7, 11) is 1.68. The molecule has 0 aliphatic heterocycles. The van der Waals surface area contributed by atoms with Gasteiger partial charge in [0, 0.05) is 11.6 Å². The fourth-order valence-corrected chi connectivity index (χ4v) is 2.68. The van der Waals surface area contributed by atoms with E-state index in [4.69, 9.17) is 10.5 Å². The first-order chi connectivity index (χ1) is 9.79. The first kappa shape index (κ1) is 18.1. The molecule has 0 heterocycles. The zero-order chi connectivity index (χ0) is 14.2. The number of nitrogens with zero attached hydrogens (tertiary/aromatic N) is 1. The maximum atomic E-state index is 5.99. The molecule has 21 heavy (non-hydrogen) atoms. The number of aliphatic imine (C=N–C) groups is 1. The lowest BCUT2D eigenvalue weighted by Crippen LogP contribution is -2.39. The van der Waals surface area contributed by atoms with Gasteiger partial charge in [0.25, 0.3) is 0 Å². The molecule has 0 atom stereocenters. The van der Waals surface area contributed by atoms with Crippen LogP contribution < -0.4 is 15.8 Å². The zero-order valence-corrected chi connectivity index (χ0v) is 15.0. The van der Waals surface area contributed by atoms with Gasteiger partial charge in [-0.1, -0.05) is 43.9 Å². The van der Waals surface area contributed by atoms with Crippen molar-refractivity contribution in [3.05, 3.63) is 29.8 Å². The Bertz CT molecular complexity index is 443. The molecule has 3 N–H and O–H groups in total. The van der Waals surface area contributed by atoms with Crippen molar-refractivity contribution in [2.45, 2.75) is 51.1 Å². The molecule has 0 radical (unpaired) electrons. The smallest absolute Gasteiger partial charge is 0.189 e. The van der Waals surface area contributed by atoms with E-state index in [1.165, 1.54) is 38.5 Å². The third kappa shape index (κ3) is 6.11. The van der Waals surface area contributed by atoms with E-state index in [1.54, 1.807) is 7.11 Å². The highest BCUT2D eigenvalue weighted by atomic mass is 127. The Morgan fingerprint density at radius 1 is 1.24 bits per heavy atom. The van der Waals surface area contributed by atoms with Crippen molar-refractivity contribution in [1.29, 1.82) is 0 Å². The average molecular weight is 403 g/mol. The van der Waals surface area contributed by atoms with Crippen LogP contribution in [0.2, 0.25) is 0 Å². The number of nitrogens with one attached hydrogen (secondary N) is 1. The summed E-state index contributed by atoms with van der Waals surface area (Å²) in [6, 6.07) is 8.39. The SMILES string of the molecule is COc1ccccc1CN=C(N)NC1CCCCCC1.I. The van der Waals surface area contributed by atoms with Crippen LogP contribution in [-0.2, 0) is 6.54 Å². The second-order valence-electron chi connectivity index (χ2n) is 5.35. The molecule has 1 saturated carbocycles. The van der Waals surface area contributed by atoms with Crippen LogP contribution in [0.15, 0.2) is 29.3 Å². The van der Waals surface area contributed by atoms with E-state index in [9.17, 15) is 0 Å². The highest BCUT2D eigenvalue weighted by Gasteiger charge is 2.12. The minimum absolute atomic E-state index is 0. The molecule has 4 nitrogen and oxygen atoms in total. The van der Waals surface area contributed by atoms with Gasteiger partial charge < -0.3 is 15.8 Å². The minimum Gasteiger partial charge on any atom is -0.496 e. The predicted octanol–water partition coefficient (Wildman–Crippen LogP) is 3.44. The number of halogens is 1. The number of benzene rings is 1. The van der Waals surface area contributed by atoms with Gasteiger partial charge in [-0.05, 0) is 18.9 Å². The highest BCUT2D eigenvalue weighted by Crippen LogP contribution is 2.18. The standard InChI is InChI=1S/C16H25N3O.HI/c1-20-15-11-7-6-8-13(15)12-18-16(17)19-14-9-4-2-3-5-10-14;/h6-8,11,14H,2-5,9-10,12H2,1H3,(H3,17,18,19);1H. The average Bonchev–Trinajstić information content (AvgIpc) is 2.74. The van der Waals surface area contributed by atoms with Crippen LogP contribution in [0, 0.1) is 0 Å². The van der Waals surface area contributed by atoms with E-state index in [1.807, 2.05) is 24.3 Å². The van der Waals surface area contributed by atoms with E-state index >= 15 is 0 Å². The van der Waals surface area contributed by atoms with Crippen LogP contribution in [0.25, 0.3) is 0 Å². The highest BCUT2D eigenvalue weighted by molar-refractivity contribution is 14.0. The Hall–Kier alpha value is -0.980. The zero-order valence-electron chi connectivity index (χ0n) is 12.7. The van der Waals surface area contributed by atoms with Crippen molar-refractivity contribution in [1.82, 2.24) is 5.32 Å². The second-order valence-corrected chi connectivity index (χ2v) is 5.35. The Balaban J connectivity index is 0.00000220. The Morgan fingerprint density at radius 2 is 1.90 bits per heavy atom. The number of methoxy groups -OCH3 is 1. The number of hydrogen-bond donors (Lipinski definition) is 2. The van der Waals surface area contributed by atoms with E-state index in [0.29, 0.717) is 18.5 Å². The fraction of sp³-hybridized carbons (Fsp3) is 0.562. The molecule has 1 fully saturated rings. The van der Waals surface area contributed by atoms with E-state index < -0.39 is 0 Å². The van der Waals surface area contributed by atoms with Crippen LogP contribution in [0.3, 0.4) is 0 Å². The molecule has 118 valence electrons. The summed E-state index contributed by atoms with van der Waals surface area (Å²) in [4.78, 5) is 4.43. The fourth-order valence-electron chi connectivity index (χ4n) is 2.68. The topological polar surface area (TPSA) is 59.6 Å². The monoisotopic (exact) mass is 403 g/mol. The molecule has 0 bridgehead atoms. The minimum atomic E-state index is 0. The van der Waals surface area contributed by atoms with Gasteiger partial charge in [0.05, 0.1) is 13.7 Å². The molecule has 1 aliphatic carbocycles. The van der Waals surface area contributed by atoms with Crippen molar-refractivity contribution >= 4 is 29.9 Å². The van der Waals surface area contributed by atoms with Gasteiger partial charge >= 0.3 is 0 Å². The van der Waals surface area contributed by atoms with Crippen molar-refractivity contribution in [3.8, 4) is 5.75 Å². The number of hydrogen-bond acceptors (Lipinski definition) is 2. The molecule has 1 aliphatic rings. The summed E-state index contributed by atoms with van der Waals surface area (Å²) in [5.74, 6) is 1.40. The van der Waals surface area contributed by atoms with Crippen molar-refractivity contribution in [2.75, 3.05) is 7.11 Å². The molecular formula is C16H26IN3O.